The predicted octanol–water partition coefficient (Wildman–Crippen LogP) is 4.40. The lowest BCUT2D eigenvalue weighted by Crippen LogP contribution is -2.08. The molecular formula is C17H25N3. The highest BCUT2D eigenvalue weighted by molar-refractivity contribution is 5.53. The smallest absolute Gasteiger partial charge is 0.0825 e. The van der Waals surface area contributed by atoms with Gasteiger partial charge in [-0.05, 0) is 44.2 Å². The molecule has 0 amide bonds. The van der Waals surface area contributed by atoms with Crippen molar-refractivity contribution in [1.29, 1.82) is 0 Å². The molecule has 3 heteroatoms. The Kier molecular flexibility index (Phi) is 4.48. The Bertz CT molecular complexity index is 533. The van der Waals surface area contributed by atoms with Crippen molar-refractivity contribution < 1.29 is 0 Å². The monoisotopic (exact) mass is 271 g/mol. The highest BCUT2D eigenvalue weighted by Gasteiger charge is 2.11. The summed E-state index contributed by atoms with van der Waals surface area (Å²) >= 11 is 0. The van der Waals surface area contributed by atoms with Gasteiger partial charge in [-0.1, -0.05) is 38.1 Å². The molecule has 0 spiro atoms. The van der Waals surface area contributed by atoms with E-state index in [9.17, 15) is 0 Å². The summed E-state index contributed by atoms with van der Waals surface area (Å²) < 4.78 is 0. The third-order valence-corrected chi connectivity index (χ3v) is 3.61. The number of aromatic nitrogens is 2. The van der Waals surface area contributed by atoms with Crippen LogP contribution in [0.15, 0.2) is 24.3 Å². The standard InChI is InChI=1S/C17H25N3/c1-11(2)10-15-6-8-16(9-7-15)12(3)18-17-13(4)19-20-14(17)5/h6-9,11-12,18H,10H2,1-5H3,(H,19,20). The van der Waals surface area contributed by atoms with E-state index in [0.717, 1.165) is 23.5 Å². The predicted molar refractivity (Wildman–Crippen MR) is 85.1 cm³/mol. The Morgan fingerprint density at radius 3 is 2.25 bits per heavy atom. The Morgan fingerprint density at radius 2 is 1.75 bits per heavy atom. The second-order valence-electron chi connectivity index (χ2n) is 6.01. The first-order chi connectivity index (χ1) is 9.47. The molecule has 0 aliphatic heterocycles. The lowest BCUT2D eigenvalue weighted by Gasteiger charge is -2.16. The molecule has 0 bridgehead atoms. The molecule has 3 nitrogen and oxygen atoms in total. The van der Waals surface area contributed by atoms with Crippen molar-refractivity contribution in [3.8, 4) is 0 Å². The van der Waals surface area contributed by atoms with Crippen LogP contribution in [0.4, 0.5) is 5.69 Å². The molecule has 1 atom stereocenters. The number of anilines is 1. The Hall–Kier alpha value is -1.77. The minimum atomic E-state index is 0.276. The van der Waals surface area contributed by atoms with Gasteiger partial charge < -0.3 is 5.32 Å². The number of aromatic amines is 1. The summed E-state index contributed by atoms with van der Waals surface area (Å²) in [4.78, 5) is 0. The number of aryl methyl sites for hydroxylation is 2. The van der Waals surface area contributed by atoms with Gasteiger partial charge >= 0.3 is 0 Å². The van der Waals surface area contributed by atoms with Crippen LogP contribution in [-0.4, -0.2) is 10.2 Å². The fourth-order valence-corrected chi connectivity index (χ4v) is 2.48. The van der Waals surface area contributed by atoms with Crippen LogP contribution in [0, 0.1) is 19.8 Å². The lowest BCUT2D eigenvalue weighted by atomic mass is 10.00. The van der Waals surface area contributed by atoms with E-state index in [1.54, 1.807) is 0 Å². The molecule has 0 saturated heterocycles. The molecule has 108 valence electrons. The highest BCUT2D eigenvalue weighted by atomic mass is 15.2. The molecular weight excluding hydrogens is 246 g/mol. The second-order valence-corrected chi connectivity index (χ2v) is 6.01. The van der Waals surface area contributed by atoms with Gasteiger partial charge in [-0.3, -0.25) is 5.10 Å². The van der Waals surface area contributed by atoms with Crippen LogP contribution in [-0.2, 0) is 6.42 Å². The molecule has 0 fully saturated rings. The minimum Gasteiger partial charge on any atom is -0.376 e. The molecule has 2 rings (SSSR count). The number of hydrogen-bond donors (Lipinski definition) is 2. The Balaban J connectivity index is 2.08. The number of benzene rings is 1. The van der Waals surface area contributed by atoms with Gasteiger partial charge in [0.05, 0.1) is 17.1 Å². The van der Waals surface area contributed by atoms with E-state index in [4.69, 9.17) is 0 Å². The number of nitrogens with zero attached hydrogens (tertiary/aromatic N) is 1. The third kappa shape index (κ3) is 3.41. The van der Waals surface area contributed by atoms with Gasteiger partial charge in [0.25, 0.3) is 0 Å². The molecule has 1 unspecified atom stereocenters. The number of rotatable bonds is 5. The Labute approximate surface area is 121 Å². The van der Waals surface area contributed by atoms with E-state index in [0.29, 0.717) is 5.92 Å². The van der Waals surface area contributed by atoms with E-state index in [2.05, 4.69) is 60.6 Å². The molecule has 0 saturated carbocycles. The van der Waals surface area contributed by atoms with E-state index in [-0.39, 0.29) is 6.04 Å². The van der Waals surface area contributed by atoms with Gasteiger partial charge in [0.1, 0.15) is 0 Å². The Morgan fingerprint density at radius 1 is 1.10 bits per heavy atom. The van der Waals surface area contributed by atoms with Crippen molar-refractivity contribution in [1.82, 2.24) is 10.2 Å². The zero-order valence-electron chi connectivity index (χ0n) is 13.1. The number of hydrogen-bond acceptors (Lipinski definition) is 2. The molecule has 0 aliphatic rings. The summed E-state index contributed by atoms with van der Waals surface area (Å²) in [5.41, 5.74) is 5.93. The summed E-state index contributed by atoms with van der Waals surface area (Å²) in [7, 11) is 0. The summed E-state index contributed by atoms with van der Waals surface area (Å²) in [6.07, 6.45) is 1.14. The van der Waals surface area contributed by atoms with Crippen molar-refractivity contribution in [2.75, 3.05) is 5.32 Å². The number of nitrogens with one attached hydrogen (secondary N) is 2. The maximum atomic E-state index is 4.22. The number of H-pyrrole nitrogens is 1. The molecule has 2 N–H and O–H groups in total. The molecule has 0 radical (unpaired) electrons. The first kappa shape index (κ1) is 14.6. The average Bonchev–Trinajstić information content (AvgIpc) is 2.70. The van der Waals surface area contributed by atoms with Gasteiger partial charge in [-0.2, -0.15) is 5.10 Å². The van der Waals surface area contributed by atoms with E-state index >= 15 is 0 Å². The van der Waals surface area contributed by atoms with Crippen LogP contribution in [0.3, 0.4) is 0 Å². The molecule has 20 heavy (non-hydrogen) atoms. The zero-order valence-corrected chi connectivity index (χ0v) is 13.1. The SMILES string of the molecule is Cc1n[nH]c(C)c1NC(C)c1ccc(CC(C)C)cc1. The molecule has 1 aromatic carbocycles. The fraction of sp³-hybridized carbons (Fsp3) is 0.471. The summed E-state index contributed by atoms with van der Waals surface area (Å²) in [5, 5.41) is 10.8. The first-order valence-electron chi connectivity index (χ1n) is 7.34. The van der Waals surface area contributed by atoms with E-state index in [1.807, 2.05) is 13.8 Å². The lowest BCUT2D eigenvalue weighted by molar-refractivity contribution is 0.647. The maximum absolute atomic E-state index is 4.22. The highest BCUT2D eigenvalue weighted by Crippen LogP contribution is 2.24. The van der Waals surface area contributed by atoms with Crippen molar-refractivity contribution in [3.63, 3.8) is 0 Å². The van der Waals surface area contributed by atoms with E-state index < -0.39 is 0 Å². The van der Waals surface area contributed by atoms with E-state index in [1.165, 1.54) is 11.1 Å². The maximum Gasteiger partial charge on any atom is 0.0825 e. The van der Waals surface area contributed by atoms with Crippen LogP contribution >= 0.6 is 0 Å². The van der Waals surface area contributed by atoms with Gasteiger partial charge in [0.2, 0.25) is 0 Å². The molecule has 0 aliphatic carbocycles. The van der Waals surface area contributed by atoms with Gasteiger partial charge in [0, 0.05) is 6.04 Å². The largest absolute Gasteiger partial charge is 0.376 e. The molecule has 1 heterocycles. The fourth-order valence-electron chi connectivity index (χ4n) is 2.48. The quantitative estimate of drug-likeness (QED) is 0.846. The summed E-state index contributed by atoms with van der Waals surface area (Å²) in [6.45, 7) is 10.7. The third-order valence-electron chi connectivity index (χ3n) is 3.61. The normalized spacial score (nSPS) is 12.7. The van der Waals surface area contributed by atoms with Gasteiger partial charge in [-0.15, -0.1) is 0 Å². The van der Waals surface area contributed by atoms with Crippen molar-refractivity contribution in [2.24, 2.45) is 5.92 Å². The average molecular weight is 271 g/mol. The minimum absolute atomic E-state index is 0.276. The first-order valence-corrected chi connectivity index (χ1v) is 7.34. The van der Waals surface area contributed by atoms with Gasteiger partial charge in [-0.25, -0.2) is 0 Å². The van der Waals surface area contributed by atoms with Gasteiger partial charge in [0.15, 0.2) is 0 Å². The van der Waals surface area contributed by atoms with Crippen LogP contribution < -0.4 is 5.32 Å². The van der Waals surface area contributed by atoms with Crippen LogP contribution in [0.25, 0.3) is 0 Å². The van der Waals surface area contributed by atoms with Crippen LogP contribution in [0.1, 0.15) is 49.3 Å². The zero-order chi connectivity index (χ0) is 14.7. The second kappa shape index (κ2) is 6.12. The summed E-state index contributed by atoms with van der Waals surface area (Å²) in [6, 6.07) is 9.20. The summed E-state index contributed by atoms with van der Waals surface area (Å²) in [5.74, 6) is 0.702. The topological polar surface area (TPSA) is 40.7 Å². The van der Waals surface area contributed by atoms with Crippen molar-refractivity contribution in [3.05, 3.63) is 46.8 Å². The van der Waals surface area contributed by atoms with Crippen LogP contribution in [0.5, 0.6) is 0 Å². The molecule has 1 aromatic heterocycles. The van der Waals surface area contributed by atoms with Crippen molar-refractivity contribution >= 4 is 5.69 Å². The van der Waals surface area contributed by atoms with Crippen LogP contribution in [0.2, 0.25) is 0 Å². The van der Waals surface area contributed by atoms with Crippen molar-refractivity contribution in [2.45, 2.75) is 47.1 Å². The molecule has 2 aromatic rings.